The number of hydrogen-bond donors (Lipinski definition) is 0. The van der Waals surface area contributed by atoms with Gasteiger partial charge in [-0.3, -0.25) is 9.79 Å². The molecule has 0 saturated carbocycles. The molecule has 0 spiro atoms. The number of allylic oxidation sites excluding steroid dienone is 1. The third-order valence-electron chi connectivity index (χ3n) is 2.24. The van der Waals surface area contributed by atoms with E-state index in [9.17, 15) is 4.79 Å². The summed E-state index contributed by atoms with van der Waals surface area (Å²) in [6.45, 7) is 2.02. The molecule has 0 amide bonds. The standard InChI is InChI=1S/C12H11NO/c1-9-4-2-3-5-11(9)12-8-10(14)6-7-13-12/h2-5,7-8H,6H2,1H3. The highest BCUT2D eigenvalue weighted by Gasteiger charge is 2.08. The van der Waals surface area contributed by atoms with Gasteiger partial charge in [0.2, 0.25) is 0 Å². The molecule has 0 saturated heterocycles. The highest BCUT2D eigenvalue weighted by Crippen LogP contribution is 2.21. The van der Waals surface area contributed by atoms with Crippen LogP contribution in [0, 0.1) is 6.92 Å². The summed E-state index contributed by atoms with van der Waals surface area (Å²) in [5.74, 6) is 0.123. The number of carbonyl (C=O) groups is 1. The molecule has 1 aliphatic rings. The van der Waals surface area contributed by atoms with E-state index >= 15 is 0 Å². The van der Waals surface area contributed by atoms with Gasteiger partial charge in [-0.2, -0.15) is 0 Å². The van der Waals surface area contributed by atoms with E-state index in [1.807, 2.05) is 31.2 Å². The molecule has 2 nitrogen and oxygen atoms in total. The molecule has 0 N–H and O–H groups in total. The first-order valence-electron chi connectivity index (χ1n) is 4.60. The molecule has 0 fully saturated rings. The van der Waals surface area contributed by atoms with Crippen LogP contribution in [-0.2, 0) is 4.79 Å². The number of ketones is 1. The van der Waals surface area contributed by atoms with Gasteiger partial charge in [0.15, 0.2) is 5.78 Å². The van der Waals surface area contributed by atoms with Crippen molar-refractivity contribution < 1.29 is 4.79 Å². The van der Waals surface area contributed by atoms with Gasteiger partial charge in [-0.05, 0) is 12.5 Å². The van der Waals surface area contributed by atoms with Crippen LogP contribution in [0.4, 0.5) is 0 Å². The van der Waals surface area contributed by atoms with Crippen molar-refractivity contribution in [2.75, 3.05) is 0 Å². The molecule has 1 aromatic carbocycles. The van der Waals surface area contributed by atoms with Gasteiger partial charge >= 0.3 is 0 Å². The number of nitrogens with zero attached hydrogens (tertiary/aromatic N) is 1. The smallest absolute Gasteiger partial charge is 0.163 e. The monoisotopic (exact) mass is 185 g/mol. The van der Waals surface area contributed by atoms with Crippen LogP contribution in [0.3, 0.4) is 0 Å². The molecule has 14 heavy (non-hydrogen) atoms. The maximum atomic E-state index is 11.2. The zero-order valence-corrected chi connectivity index (χ0v) is 8.03. The van der Waals surface area contributed by atoms with E-state index in [4.69, 9.17) is 0 Å². The molecule has 0 bridgehead atoms. The minimum absolute atomic E-state index is 0.123. The fraction of sp³-hybridized carbons (Fsp3) is 0.167. The number of carbonyl (C=O) groups excluding carboxylic acids is 1. The van der Waals surface area contributed by atoms with Crippen molar-refractivity contribution in [2.24, 2.45) is 4.99 Å². The first-order valence-corrected chi connectivity index (χ1v) is 4.60. The van der Waals surface area contributed by atoms with Crippen molar-refractivity contribution in [1.82, 2.24) is 0 Å². The Morgan fingerprint density at radius 1 is 1.29 bits per heavy atom. The summed E-state index contributed by atoms with van der Waals surface area (Å²) < 4.78 is 0. The Labute approximate surface area is 83.0 Å². The minimum atomic E-state index is 0.123. The van der Waals surface area contributed by atoms with Gasteiger partial charge in [0, 0.05) is 24.3 Å². The van der Waals surface area contributed by atoms with Crippen molar-refractivity contribution in [2.45, 2.75) is 13.3 Å². The third-order valence-corrected chi connectivity index (χ3v) is 2.24. The van der Waals surface area contributed by atoms with Gasteiger partial charge < -0.3 is 0 Å². The number of aryl methyl sites for hydroxylation is 1. The summed E-state index contributed by atoms with van der Waals surface area (Å²) >= 11 is 0. The van der Waals surface area contributed by atoms with Crippen molar-refractivity contribution in [3.63, 3.8) is 0 Å². The first kappa shape index (κ1) is 8.88. The lowest BCUT2D eigenvalue weighted by Gasteiger charge is -2.08. The maximum Gasteiger partial charge on any atom is 0.163 e. The second-order valence-corrected chi connectivity index (χ2v) is 3.33. The first-order chi connectivity index (χ1) is 6.77. The summed E-state index contributed by atoms with van der Waals surface area (Å²) in [4.78, 5) is 15.4. The average molecular weight is 185 g/mol. The Morgan fingerprint density at radius 3 is 2.79 bits per heavy atom. The number of rotatable bonds is 1. The molecule has 0 atom stereocenters. The van der Waals surface area contributed by atoms with E-state index in [1.165, 1.54) is 0 Å². The summed E-state index contributed by atoms with van der Waals surface area (Å²) in [5.41, 5.74) is 2.96. The van der Waals surface area contributed by atoms with Crippen LogP contribution in [0.15, 0.2) is 35.3 Å². The van der Waals surface area contributed by atoms with Gasteiger partial charge in [-0.15, -0.1) is 0 Å². The van der Waals surface area contributed by atoms with Crippen LogP contribution in [0.1, 0.15) is 17.5 Å². The molecule has 0 radical (unpaired) electrons. The Bertz CT molecular complexity index is 430. The summed E-state index contributed by atoms with van der Waals surface area (Å²) in [6.07, 6.45) is 3.71. The van der Waals surface area contributed by atoms with Crippen LogP contribution in [0.2, 0.25) is 0 Å². The molecule has 2 heteroatoms. The van der Waals surface area contributed by atoms with Gasteiger partial charge in [-0.25, -0.2) is 0 Å². The lowest BCUT2D eigenvalue weighted by Crippen LogP contribution is -2.01. The van der Waals surface area contributed by atoms with E-state index in [1.54, 1.807) is 12.3 Å². The zero-order valence-electron chi connectivity index (χ0n) is 8.03. The van der Waals surface area contributed by atoms with Crippen molar-refractivity contribution in [3.8, 4) is 0 Å². The Hall–Kier alpha value is -1.70. The molecular formula is C12H11NO. The van der Waals surface area contributed by atoms with Crippen LogP contribution in [0.5, 0.6) is 0 Å². The Balaban J connectivity index is 2.45. The van der Waals surface area contributed by atoms with Gasteiger partial charge in [0.05, 0.1) is 5.70 Å². The number of aliphatic imine (C=N–C) groups is 1. The molecule has 0 aliphatic carbocycles. The fourth-order valence-electron chi connectivity index (χ4n) is 1.49. The predicted molar refractivity (Wildman–Crippen MR) is 57.3 cm³/mol. The van der Waals surface area contributed by atoms with Crippen LogP contribution in [-0.4, -0.2) is 12.0 Å². The SMILES string of the molecule is Cc1ccccc1C1=CC(=O)CC=N1. The molecule has 1 aromatic rings. The van der Waals surface area contributed by atoms with E-state index < -0.39 is 0 Å². The van der Waals surface area contributed by atoms with E-state index in [-0.39, 0.29) is 5.78 Å². The molecule has 70 valence electrons. The second kappa shape index (κ2) is 3.58. The number of benzene rings is 1. The lowest BCUT2D eigenvalue weighted by molar-refractivity contribution is -0.113. The van der Waals surface area contributed by atoms with Crippen LogP contribution < -0.4 is 0 Å². The maximum absolute atomic E-state index is 11.2. The molecule has 0 aromatic heterocycles. The lowest BCUT2D eigenvalue weighted by atomic mass is 10.0. The van der Waals surface area contributed by atoms with Crippen molar-refractivity contribution >= 4 is 17.7 Å². The highest BCUT2D eigenvalue weighted by atomic mass is 16.1. The average Bonchev–Trinajstić information content (AvgIpc) is 2.18. The zero-order chi connectivity index (χ0) is 9.97. The van der Waals surface area contributed by atoms with Crippen molar-refractivity contribution in [3.05, 3.63) is 41.5 Å². The Morgan fingerprint density at radius 2 is 2.07 bits per heavy atom. The van der Waals surface area contributed by atoms with E-state index in [2.05, 4.69) is 4.99 Å². The van der Waals surface area contributed by atoms with Gasteiger partial charge in [-0.1, -0.05) is 24.3 Å². The summed E-state index contributed by atoms with van der Waals surface area (Å²) in [5, 5.41) is 0. The van der Waals surface area contributed by atoms with Crippen LogP contribution in [0.25, 0.3) is 5.70 Å². The Kier molecular flexibility index (Phi) is 2.27. The fourth-order valence-corrected chi connectivity index (χ4v) is 1.49. The quantitative estimate of drug-likeness (QED) is 0.660. The molecule has 1 aliphatic heterocycles. The normalized spacial score (nSPS) is 15.5. The molecule has 0 unspecified atom stereocenters. The minimum Gasteiger partial charge on any atom is -0.294 e. The molecular weight excluding hydrogens is 174 g/mol. The van der Waals surface area contributed by atoms with Crippen molar-refractivity contribution in [1.29, 1.82) is 0 Å². The predicted octanol–water partition coefficient (Wildman–Crippen LogP) is 2.38. The number of hydrogen-bond acceptors (Lipinski definition) is 2. The highest BCUT2D eigenvalue weighted by molar-refractivity contribution is 6.07. The van der Waals surface area contributed by atoms with E-state index in [0.717, 1.165) is 16.8 Å². The summed E-state index contributed by atoms with van der Waals surface area (Å²) in [6, 6.07) is 7.94. The van der Waals surface area contributed by atoms with Crippen LogP contribution >= 0.6 is 0 Å². The van der Waals surface area contributed by atoms with Gasteiger partial charge in [0.1, 0.15) is 0 Å². The van der Waals surface area contributed by atoms with E-state index in [0.29, 0.717) is 6.42 Å². The third kappa shape index (κ3) is 1.64. The summed E-state index contributed by atoms with van der Waals surface area (Å²) in [7, 11) is 0. The topological polar surface area (TPSA) is 29.4 Å². The second-order valence-electron chi connectivity index (χ2n) is 3.33. The molecule has 2 rings (SSSR count). The largest absolute Gasteiger partial charge is 0.294 e. The molecule has 1 heterocycles. The van der Waals surface area contributed by atoms with Gasteiger partial charge in [0.25, 0.3) is 0 Å².